The molecule has 0 bridgehead atoms. The number of ketones is 1. The van der Waals surface area contributed by atoms with Gasteiger partial charge in [0.25, 0.3) is 0 Å². The third kappa shape index (κ3) is 2.07. The maximum atomic E-state index is 13.0. The second-order valence-corrected chi connectivity index (χ2v) is 10.9. The number of allylic oxidation sites excluding steroid dienone is 1. The van der Waals surface area contributed by atoms with E-state index in [0.717, 1.165) is 31.3 Å². The van der Waals surface area contributed by atoms with Crippen LogP contribution in [0.2, 0.25) is 0 Å². The Hall–Kier alpha value is -1.69. The van der Waals surface area contributed by atoms with Crippen molar-refractivity contribution < 1.29 is 28.6 Å². The standard InChI is InChI=1S/C24H30O6/c1-22-7-4-13(25)10-12(22)11-14(21(27)28-3)17-15-5-8-24(9-6-16(26)30-24)23(15,2)20-19(29-20)18(17)22/h10,14-15,17-20H,4-9,11H2,1-3H3/t14-,15?,17?,18?,19?,20?,22+,23-,24?/m1/s1. The molecule has 9 atom stereocenters. The summed E-state index contributed by atoms with van der Waals surface area (Å²) in [5, 5.41) is 0. The van der Waals surface area contributed by atoms with E-state index in [1.165, 1.54) is 7.11 Å². The Kier molecular flexibility index (Phi) is 3.65. The fourth-order valence-electron chi connectivity index (χ4n) is 8.62. The Labute approximate surface area is 176 Å². The smallest absolute Gasteiger partial charge is 0.309 e. The van der Waals surface area contributed by atoms with Crippen LogP contribution in [0.25, 0.3) is 0 Å². The van der Waals surface area contributed by atoms with Crippen molar-refractivity contribution in [2.45, 2.75) is 76.6 Å². The molecule has 6 unspecified atom stereocenters. The van der Waals surface area contributed by atoms with Crippen LogP contribution >= 0.6 is 0 Å². The van der Waals surface area contributed by atoms with Crippen LogP contribution in [0.5, 0.6) is 0 Å². The van der Waals surface area contributed by atoms with Gasteiger partial charge in [0.2, 0.25) is 0 Å². The third-order valence-corrected chi connectivity index (χ3v) is 10.1. The normalized spacial score (nSPS) is 53.2. The van der Waals surface area contributed by atoms with Crippen molar-refractivity contribution in [1.82, 2.24) is 0 Å². The lowest BCUT2D eigenvalue weighted by molar-refractivity contribution is -0.172. The van der Waals surface area contributed by atoms with Gasteiger partial charge in [-0.2, -0.15) is 0 Å². The summed E-state index contributed by atoms with van der Waals surface area (Å²) in [5.74, 6) is 0.176. The number of epoxide rings is 1. The predicted molar refractivity (Wildman–Crippen MR) is 105 cm³/mol. The van der Waals surface area contributed by atoms with E-state index in [-0.39, 0.29) is 64.4 Å². The Bertz CT molecular complexity index is 892. The number of hydrogen-bond acceptors (Lipinski definition) is 6. The summed E-state index contributed by atoms with van der Waals surface area (Å²) in [6.45, 7) is 4.52. The van der Waals surface area contributed by atoms with Crippen molar-refractivity contribution in [3.63, 3.8) is 0 Å². The van der Waals surface area contributed by atoms with E-state index < -0.39 is 5.60 Å². The van der Waals surface area contributed by atoms with Crippen molar-refractivity contribution in [3.8, 4) is 0 Å². The van der Waals surface area contributed by atoms with Gasteiger partial charge < -0.3 is 14.2 Å². The zero-order chi connectivity index (χ0) is 21.1. The molecule has 162 valence electrons. The highest BCUT2D eigenvalue weighted by Crippen LogP contribution is 2.75. The molecule has 3 saturated carbocycles. The number of esters is 2. The lowest BCUT2D eigenvalue weighted by atomic mass is 9.44. The van der Waals surface area contributed by atoms with Gasteiger partial charge in [-0.3, -0.25) is 14.4 Å². The van der Waals surface area contributed by atoms with Gasteiger partial charge in [-0.15, -0.1) is 0 Å². The van der Waals surface area contributed by atoms with E-state index in [0.29, 0.717) is 19.3 Å². The van der Waals surface area contributed by atoms with Gasteiger partial charge in [0.1, 0.15) is 5.60 Å². The Morgan fingerprint density at radius 2 is 1.97 bits per heavy atom. The van der Waals surface area contributed by atoms with Gasteiger partial charge in [0.05, 0.1) is 25.2 Å². The second-order valence-electron chi connectivity index (χ2n) is 10.9. The van der Waals surface area contributed by atoms with Gasteiger partial charge >= 0.3 is 11.9 Å². The van der Waals surface area contributed by atoms with Crippen LogP contribution in [-0.4, -0.2) is 42.6 Å². The molecule has 6 heteroatoms. The van der Waals surface area contributed by atoms with Gasteiger partial charge in [0, 0.05) is 24.2 Å². The van der Waals surface area contributed by atoms with Crippen LogP contribution in [0.15, 0.2) is 11.6 Å². The molecular formula is C24H30O6. The van der Waals surface area contributed by atoms with Gasteiger partial charge in [-0.25, -0.2) is 0 Å². The first-order valence-corrected chi connectivity index (χ1v) is 11.4. The second kappa shape index (κ2) is 5.76. The summed E-state index contributed by atoms with van der Waals surface area (Å²) in [5.41, 5.74) is 0.262. The number of hydrogen-bond donors (Lipinski definition) is 0. The molecule has 30 heavy (non-hydrogen) atoms. The van der Waals surface area contributed by atoms with Crippen LogP contribution in [0.4, 0.5) is 0 Å². The van der Waals surface area contributed by atoms with E-state index in [1.54, 1.807) is 6.08 Å². The summed E-state index contributed by atoms with van der Waals surface area (Å²) in [6.07, 6.45) is 6.91. The van der Waals surface area contributed by atoms with E-state index >= 15 is 0 Å². The molecule has 5 fully saturated rings. The van der Waals surface area contributed by atoms with Gasteiger partial charge in [-0.05, 0) is 55.4 Å². The van der Waals surface area contributed by atoms with Gasteiger partial charge in [0.15, 0.2) is 5.78 Å². The molecule has 4 aliphatic carbocycles. The number of fused-ring (bicyclic) bond motifs is 9. The van der Waals surface area contributed by atoms with Gasteiger partial charge in [-0.1, -0.05) is 19.4 Å². The molecule has 2 saturated heterocycles. The van der Waals surface area contributed by atoms with E-state index in [9.17, 15) is 14.4 Å². The molecule has 2 aliphatic heterocycles. The highest BCUT2D eigenvalue weighted by Gasteiger charge is 2.79. The molecule has 6 aliphatic rings. The molecular weight excluding hydrogens is 384 g/mol. The average Bonchev–Trinajstić information content (AvgIpc) is 3.35. The monoisotopic (exact) mass is 414 g/mol. The highest BCUT2D eigenvalue weighted by atomic mass is 16.6. The molecule has 1 spiro atoms. The predicted octanol–water partition coefficient (Wildman–Crippen LogP) is 2.98. The molecule has 0 aromatic heterocycles. The zero-order valence-corrected chi connectivity index (χ0v) is 17.9. The number of carbonyl (C=O) groups is 3. The fraction of sp³-hybridized carbons (Fsp3) is 0.792. The highest BCUT2D eigenvalue weighted by molar-refractivity contribution is 5.92. The van der Waals surface area contributed by atoms with Crippen molar-refractivity contribution in [1.29, 1.82) is 0 Å². The minimum atomic E-state index is -0.459. The fourth-order valence-corrected chi connectivity index (χ4v) is 8.62. The summed E-state index contributed by atoms with van der Waals surface area (Å²) in [4.78, 5) is 37.4. The van der Waals surface area contributed by atoms with Crippen LogP contribution in [0.1, 0.15) is 58.8 Å². The number of carbonyl (C=O) groups excluding carboxylic acids is 3. The molecule has 6 nitrogen and oxygen atoms in total. The lowest BCUT2D eigenvalue weighted by Gasteiger charge is -2.58. The number of ether oxygens (including phenoxy) is 3. The number of rotatable bonds is 1. The molecule has 0 N–H and O–H groups in total. The zero-order valence-electron chi connectivity index (χ0n) is 17.9. The van der Waals surface area contributed by atoms with Crippen LogP contribution in [0, 0.1) is 34.5 Å². The SMILES string of the molecule is COC(=O)[C@@H]1CC2=CC(=O)CC[C@]2(C)C2C3OC3[C@@]3(C)C(CCC34CCC(=O)O4)C21. The Morgan fingerprint density at radius 3 is 2.67 bits per heavy atom. The Morgan fingerprint density at radius 1 is 1.17 bits per heavy atom. The minimum Gasteiger partial charge on any atom is -0.469 e. The summed E-state index contributed by atoms with van der Waals surface area (Å²) in [6, 6.07) is 0. The van der Waals surface area contributed by atoms with Crippen molar-refractivity contribution >= 4 is 17.7 Å². The summed E-state index contributed by atoms with van der Waals surface area (Å²) in [7, 11) is 1.46. The maximum absolute atomic E-state index is 13.0. The van der Waals surface area contributed by atoms with Crippen LogP contribution in [0.3, 0.4) is 0 Å². The van der Waals surface area contributed by atoms with E-state index in [1.807, 2.05) is 0 Å². The van der Waals surface area contributed by atoms with E-state index in [2.05, 4.69) is 13.8 Å². The van der Waals surface area contributed by atoms with Crippen molar-refractivity contribution in [2.24, 2.45) is 34.5 Å². The Balaban J connectivity index is 1.48. The largest absolute Gasteiger partial charge is 0.469 e. The molecule has 0 aromatic carbocycles. The topological polar surface area (TPSA) is 82.2 Å². The summed E-state index contributed by atoms with van der Waals surface area (Å²) < 4.78 is 17.7. The van der Waals surface area contributed by atoms with Crippen molar-refractivity contribution in [2.75, 3.05) is 7.11 Å². The minimum absolute atomic E-state index is 0.0552. The van der Waals surface area contributed by atoms with E-state index in [4.69, 9.17) is 14.2 Å². The first kappa shape index (κ1) is 19.0. The average molecular weight is 414 g/mol. The molecule has 2 heterocycles. The quantitative estimate of drug-likeness (QED) is 0.485. The summed E-state index contributed by atoms with van der Waals surface area (Å²) >= 11 is 0. The van der Waals surface area contributed by atoms with Crippen LogP contribution in [-0.2, 0) is 28.6 Å². The molecule has 0 amide bonds. The maximum Gasteiger partial charge on any atom is 0.309 e. The first-order chi connectivity index (χ1) is 14.2. The molecule has 0 radical (unpaired) electrons. The molecule has 6 rings (SSSR count). The first-order valence-electron chi connectivity index (χ1n) is 11.4. The number of methoxy groups -OCH3 is 1. The molecule has 0 aromatic rings. The van der Waals surface area contributed by atoms with Crippen LogP contribution < -0.4 is 0 Å². The third-order valence-electron chi connectivity index (χ3n) is 10.1. The lowest BCUT2D eigenvalue weighted by Crippen LogP contribution is -2.61. The van der Waals surface area contributed by atoms with Crippen molar-refractivity contribution in [3.05, 3.63) is 11.6 Å².